The molecule has 2 aliphatic rings. The molecular formula is C25H31ClN2O. The number of benzene rings is 2. The Morgan fingerprint density at radius 1 is 1.10 bits per heavy atom. The second-order valence-electron chi connectivity index (χ2n) is 9.07. The molecule has 0 aromatic heterocycles. The summed E-state index contributed by atoms with van der Waals surface area (Å²) in [6.07, 6.45) is 2.31. The lowest BCUT2D eigenvalue weighted by Crippen LogP contribution is -2.43. The van der Waals surface area contributed by atoms with Crippen LogP contribution in [0.5, 0.6) is 0 Å². The van der Waals surface area contributed by atoms with Gasteiger partial charge in [-0.15, -0.1) is 0 Å². The third-order valence-corrected chi connectivity index (χ3v) is 6.90. The summed E-state index contributed by atoms with van der Waals surface area (Å²) in [7, 11) is 0. The molecule has 29 heavy (non-hydrogen) atoms. The minimum atomic E-state index is -0.0841. The number of amides is 1. The molecule has 4 atom stereocenters. The highest BCUT2D eigenvalue weighted by Gasteiger charge is 2.43. The molecule has 154 valence electrons. The predicted octanol–water partition coefficient (Wildman–Crippen LogP) is 5.11. The van der Waals surface area contributed by atoms with Crippen molar-refractivity contribution in [2.24, 2.45) is 17.8 Å². The fourth-order valence-corrected chi connectivity index (χ4v) is 5.54. The Balaban J connectivity index is 1.39. The summed E-state index contributed by atoms with van der Waals surface area (Å²) < 4.78 is 0. The van der Waals surface area contributed by atoms with Crippen LogP contribution in [0.25, 0.3) is 0 Å². The van der Waals surface area contributed by atoms with Gasteiger partial charge in [0.1, 0.15) is 0 Å². The predicted molar refractivity (Wildman–Crippen MR) is 119 cm³/mol. The largest absolute Gasteiger partial charge is 0.352 e. The fraction of sp³-hybridized carbons (Fsp3) is 0.480. The Labute approximate surface area is 179 Å². The third-order valence-electron chi connectivity index (χ3n) is 6.66. The minimum Gasteiger partial charge on any atom is -0.352 e. The number of nitrogens with zero attached hydrogens (tertiary/aromatic N) is 1. The first kappa shape index (κ1) is 20.4. The second-order valence-corrected chi connectivity index (χ2v) is 9.51. The van der Waals surface area contributed by atoms with Gasteiger partial charge in [0.2, 0.25) is 5.91 Å². The highest BCUT2D eigenvalue weighted by atomic mass is 35.5. The normalized spacial score (nSPS) is 25.2. The zero-order valence-corrected chi connectivity index (χ0v) is 18.1. The molecule has 1 aliphatic heterocycles. The van der Waals surface area contributed by atoms with Gasteiger partial charge in [0.05, 0.1) is 5.92 Å². The Morgan fingerprint density at radius 3 is 2.62 bits per heavy atom. The van der Waals surface area contributed by atoms with Gasteiger partial charge >= 0.3 is 0 Å². The van der Waals surface area contributed by atoms with Crippen LogP contribution in [-0.2, 0) is 11.3 Å². The molecule has 1 unspecified atom stereocenters. The number of carbonyl (C=O) groups excluding carboxylic acids is 1. The number of rotatable bonds is 6. The molecule has 0 spiro atoms. The van der Waals surface area contributed by atoms with E-state index in [4.69, 9.17) is 11.6 Å². The highest BCUT2D eigenvalue weighted by molar-refractivity contribution is 6.30. The number of hydrogen-bond donors (Lipinski definition) is 1. The standard InChI is InChI=1S/C25H31ClN2O/c1-17(2)24(19-8-4-3-5-9-19)25(29)27-23-12-11-20-15-28(16-22(20)23)14-18-7-6-10-21(26)13-18/h3-10,13,17,20,22-24H,11-12,14-16H2,1-2H3,(H,27,29)/t20-,22+,23+,24?/m1/s1. The van der Waals surface area contributed by atoms with Gasteiger partial charge in [-0.3, -0.25) is 9.69 Å². The average molecular weight is 411 g/mol. The summed E-state index contributed by atoms with van der Waals surface area (Å²) in [6.45, 7) is 7.39. The van der Waals surface area contributed by atoms with Crippen molar-refractivity contribution in [1.29, 1.82) is 0 Å². The van der Waals surface area contributed by atoms with Gasteiger partial charge in [0.15, 0.2) is 0 Å². The first-order chi connectivity index (χ1) is 14.0. The van der Waals surface area contributed by atoms with Crippen molar-refractivity contribution in [3.8, 4) is 0 Å². The van der Waals surface area contributed by atoms with Crippen molar-refractivity contribution >= 4 is 17.5 Å². The van der Waals surface area contributed by atoms with Crippen molar-refractivity contribution in [3.05, 3.63) is 70.7 Å². The van der Waals surface area contributed by atoms with Gasteiger partial charge in [0, 0.05) is 30.7 Å². The van der Waals surface area contributed by atoms with E-state index in [1.807, 2.05) is 30.3 Å². The lowest BCUT2D eigenvalue weighted by Gasteiger charge is -2.26. The molecule has 0 bridgehead atoms. The number of halogens is 1. The van der Waals surface area contributed by atoms with Gasteiger partial charge in [-0.25, -0.2) is 0 Å². The summed E-state index contributed by atoms with van der Waals surface area (Å²) in [6, 6.07) is 18.6. The molecule has 1 aliphatic carbocycles. The Bertz CT molecular complexity index is 838. The summed E-state index contributed by atoms with van der Waals surface area (Å²) in [5, 5.41) is 4.24. The van der Waals surface area contributed by atoms with E-state index in [-0.39, 0.29) is 17.7 Å². The topological polar surface area (TPSA) is 32.3 Å². The molecule has 1 amide bonds. The quantitative estimate of drug-likeness (QED) is 0.717. The third kappa shape index (κ3) is 4.67. The van der Waals surface area contributed by atoms with Crippen molar-refractivity contribution in [3.63, 3.8) is 0 Å². The molecule has 2 aromatic rings. The van der Waals surface area contributed by atoms with Crippen molar-refractivity contribution in [2.75, 3.05) is 13.1 Å². The summed E-state index contributed by atoms with van der Waals surface area (Å²) >= 11 is 6.15. The summed E-state index contributed by atoms with van der Waals surface area (Å²) in [5.41, 5.74) is 2.38. The molecular weight excluding hydrogens is 380 g/mol. The lowest BCUT2D eigenvalue weighted by atomic mass is 9.87. The van der Waals surface area contributed by atoms with Crippen LogP contribution < -0.4 is 5.32 Å². The molecule has 1 saturated heterocycles. The number of carbonyl (C=O) groups is 1. The zero-order chi connectivity index (χ0) is 20.4. The first-order valence-electron chi connectivity index (χ1n) is 10.8. The molecule has 1 heterocycles. The van der Waals surface area contributed by atoms with E-state index in [1.165, 1.54) is 12.0 Å². The number of nitrogens with one attached hydrogen (secondary N) is 1. The molecule has 4 heteroatoms. The molecule has 0 radical (unpaired) electrons. The SMILES string of the molecule is CC(C)C(C(=O)N[C@H]1CC[C@@H]2CN(Cc3cccc(Cl)c3)C[C@@H]21)c1ccccc1. The van der Waals surface area contributed by atoms with Gasteiger partial charge in [0.25, 0.3) is 0 Å². The van der Waals surface area contributed by atoms with Crippen LogP contribution in [0.1, 0.15) is 43.7 Å². The minimum absolute atomic E-state index is 0.0841. The Kier molecular flexibility index (Phi) is 6.26. The van der Waals surface area contributed by atoms with E-state index in [2.05, 4.69) is 48.3 Å². The molecule has 1 N–H and O–H groups in total. The molecule has 3 nitrogen and oxygen atoms in total. The monoisotopic (exact) mass is 410 g/mol. The Hall–Kier alpha value is -1.84. The first-order valence-corrected chi connectivity index (χ1v) is 11.2. The van der Waals surface area contributed by atoms with Crippen LogP contribution in [0, 0.1) is 17.8 Å². The smallest absolute Gasteiger partial charge is 0.228 e. The van der Waals surface area contributed by atoms with E-state index in [0.29, 0.717) is 17.9 Å². The summed E-state index contributed by atoms with van der Waals surface area (Å²) in [5.74, 6) is 1.62. The van der Waals surface area contributed by atoms with Crippen LogP contribution >= 0.6 is 11.6 Å². The number of likely N-dealkylation sites (tertiary alicyclic amines) is 1. The average Bonchev–Trinajstić information content (AvgIpc) is 3.24. The van der Waals surface area contributed by atoms with Crippen LogP contribution in [0.15, 0.2) is 54.6 Å². The van der Waals surface area contributed by atoms with Crippen LogP contribution in [0.4, 0.5) is 0 Å². The maximum Gasteiger partial charge on any atom is 0.228 e. The zero-order valence-electron chi connectivity index (χ0n) is 17.4. The van der Waals surface area contributed by atoms with Crippen molar-refractivity contribution < 1.29 is 4.79 Å². The maximum absolute atomic E-state index is 13.2. The van der Waals surface area contributed by atoms with E-state index < -0.39 is 0 Å². The van der Waals surface area contributed by atoms with Crippen molar-refractivity contribution in [2.45, 2.75) is 45.2 Å². The van der Waals surface area contributed by atoms with Crippen LogP contribution in [0.3, 0.4) is 0 Å². The van der Waals surface area contributed by atoms with Gasteiger partial charge in [-0.2, -0.15) is 0 Å². The second kappa shape index (κ2) is 8.89. The van der Waals surface area contributed by atoms with E-state index in [0.717, 1.165) is 36.6 Å². The number of hydrogen-bond acceptors (Lipinski definition) is 2. The van der Waals surface area contributed by atoms with E-state index in [9.17, 15) is 4.79 Å². The molecule has 2 fully saturated rings. The van der Waals surface area contributed by atoms with Gasteiger partial charge < -0.3 is 5.32 Å². The fourth-order valence-electron chi connectivity index (χ4n) is 5.33. The number of fused-ring (bicyclic) bond motifs is 1. The molecule has 4 rings (SSSR count). The van der Waals surface area contributed by atoms with Crippen LogP contribution in [0.2, 0.25) is 5.02 Å². The van der Waals surface area contributed by atoms with Crippen molar-refractivity contribution in [1.82, 2.24) is 10.2 Å². The van der Waals surface area contributed by atoms with E-state index >= 15 is 0 Å². The van der Waals surface area contributed by atoms with Gasteiger partial charge in [-0.1, -0.05) is 67.9 Å². The van der Waals surface area contributed by atoms with E-state index in [1.54, 1.807) is 0 Å². The lowest BCUT2D eigenvalue weighted by molar-refractivity contribution is -0.124. The highest BCUT2D eigenvalue weighted by Crippen LogP contribution is 2.39. The molecule has 2 aromatic carbocycles. The summed E-state index contributed by atoms with van der Waals surface area (Å²) in [4.78, 5) is 15.7. The maximum atomic E-state index is 13.2. The Morgan fingerprint density at radius 2 is 1.90 bits per heavy atom. The van der Waals surface area contributed by atoms with Gasteiger partial charge in [-0.05, 0) is 53.9 Å². The van der Waals surface area contributed by atoms with Crippen LogP contribution in [-0.4, -0.2) is 29.9 Å². The molecule has 1 saturated carbocycles.